The summed E-state index contributed by atoms with van der Waals surface area (Å²) in [4.78, 5) is 24.4. The van der Waals surface area contributed by atoms with Crippen LogP contribution in [0, 0.1) is 0 Å². The molecule has 1 fully saturated rings. The highest BCUT2D eigenvalue weighted by molar-refractivity contribution is 5.87. The maximum Gasteiger partial charge on any atom is 0.335 e. The Hall–Kier alpha value is -2.08. The molecule has 1 aromatic rings. The Bertz CT molecular complexity index is 495. The topological polar surface area (TPSA) is 78.9 Å². The van der Waals surface area contributed by atoms with E-state index >= 15 is 0 Å². The van der Waals surface area contributed by atoms with E-state index in [1.54, 1.807) is 36.2 Å². The smallest absolute Gasteiger partial charge is 0.335 e. The van der Waals surface area contributed by atoms with Gasteiger partial charge in [-0.25, -0.2) is 9.59 Å². The molecule has 2 amide bonds. The number of urea groups is 1. The van der Waals surface area contributed by atoms with E-state index < -0.39 is 5.97 Å². The summed E-state index contributed by atoms with van der Waals surface area (Å²) in [6, 6.07) is 6.58. The number of carboxylic acids is 1. The van der Waals surface area contributed by atoms with Gasteiger partial charge in [0.2, 0.25) is 0 Å². The lowest BCUT2D eigenvalue weighted by atomic mass is 10.1. The predicted octanol–water partition coefficient (Wildman–Crippen LogP) is 1.71. The van der Waals surface area contributed by atoms with Gasteiger partial charge >= 0.3 is 12.0 Å². The molecule has 0 saturated carbocycles. The summed E-state index contributed by atoms with van der Waals surface area (Å²) in [5, 5.41) is 11.8. The van der Waals surface area contributed by atoms with Crippen molar-refractivity contribution in [3.8, 4) is 0 Å². The van der Waals surface area contributed by atoms with Crippen molar-refractivity contribution in [2.45, 2.75) is 25.4 Å². The van der Waals surface area contributed by atoms with Gasteiger partial charge in [0.25, 0.3) is 0 Å². The lowest BCUT2D eigenvalue weighted by molar-refractivity contribution is 0.0696. The van der Waals surface area contributed by atoms with Crippen LogP contribution in [0.4, 0.5) is 4.79 Å². The fourth-order valence-electron chi connectivity index (χ4n) is 2.23. The average molecular weight is 292 g/mol. The summed E-state index contributed by atoms with van der Waals surface area (Å²) in [5.74, 6) is -0.952. The zero-order chi connectivity index (χ0) is 15.2. The zero-order valence-electron chi connectivity index (χ0n) is 12.0. The zero-order valence-corrected chi connectivity index (χ0v) is 12.0. The van der Waals surface area contributed by atoms with Crippen molar-refractivity contribution in [3.63, 3.8) is 0 Å². The second kappa shape index (κ2) is 7.08. The number of nitrogens with one attached hydrogen (secondary N) is 1. The standard InChI is InChI=1S/C15H20N2O4/c1-17(15(20)16-13-6-8-21-9-7-13)10-11-2-4-12(5-3-11)14(18)19/h2-5,13H,6-10H2,1H3,(H,16,20)(H,18,19). The molecule has 6 heteroatoms. The van der Waals surface area contributed by atoms with Crippen LogP contribution in [0.3, 0.4) is 0 Å². The molecule has 0 radical (unpaired) electrons. The van der Waals surface area contributed by atoms with Gasteiger partial charge in [-0.05, 0) is 30.5 Å². The van der Waals surface area contributed by atoms with Gasteiger partial charge in [-0.2, -0.15) is 0 Å². The van der Waals surface area contributed by atoms with Gasteiger partial charge < -0.3 is 20.1 Å². The highest BCUT2D eigenvalue weighted by atomic mass is 16.5. The number of benzene rings is 1. The number of ether oxygens (including phenoxy) is 1. The normalized spacial score (nSPS) is 15.5. The fraction of sp³-hybridized carbons (Fsp3) is 0.467. The quantitative estimate of drug-likeness (QED) is 0.885. The molecule has 1 saturated heterocycles. The highest BCUT2D eigenvalue weighted by Gasteiger charge is 2.18. The van der Waals surface area contributed by atoms with E-state index in [1.807, 2.05) is 0 Å². The minimum atomic E-state index is -0.952. The first-order chi connectivity index (χ1) is 10.1. The number of amides is 2. The minimum absolute atomic E-state index is 0.121. The highest BCUT2D eigenvalue weighted by Crippen LogP contribution is 2.09. The van der Waals surface area contributed by atoms with Gasteiger partial charge in [-0.15, -0.1) is 0 Å². The van der Waals surface area contributed by atoms with Crippen molar-refractivity contribution in [2.75, 3.05) is 20.3 Å². The summed E-state index contributed by atoms with van der Waals surface area (Å²) < 4.78 is 5.26. The van der Waals surface area contributed by atoms with Crippen LogP contribution in [0.5, 0.6) is 0 Å². The molecule has 21 heavy (non-hydrogen) atoms. The SMILES string of the molecule is CN(Cc1ccc(C(=O)O)cc1)C(=O)NC1CCOCC1. The number of aromatic carboxylic acids is 1. The maximum atomic E-state index is 12.1. The molecule has 0 unspecified atom stereocenters. The van der Waals surface area contributed by atoms with Crippen LogP contribution in [-0.4, -0.2) is 48.3 Å². The van der Waals surface area contributed by atoms with Crippen LogP contribution in [-0.2, 0) is 11.3 Å². The van der Waals surface area contributed by atoms with Gasteiger partial charge in [-0.1, -0.05) is 12.1 Å². The van der Waals surface area contributed by atoms with Crippen LogP contribution in [0.2, 0.25) is 0 Å². The van der Waals surface area contributed by atoms with Crippen molar-refractivity contribution < 1.29 is 19.4 Å². The van der Waals surface area contributed by atoms with Crippen molar-refractivity contribution in [1.82, 2.24) is 10.2 Å². The number of hydrogen-bond acceptors (Lipinski definition) is 3. The Balaban J connectivity index is 1.86. The van der Waals surface area contributed by atoms with E-state index in [0.717, 1.165) is 18.4 Å². The Kier molecular flexibility index (Phi) is 5.16. The van der Waals surface area contributed by atoms with E-state index in [4.69, 9.17) is 9.84 Å². The summed E-state index contributed by atoms with van der Waals surface area (Å²) >= 11 is 0. The molecular formula is C15H20N2O4. The average Bonchev–Trinajstić information content (AvgIpc) is 2.48. The van der Waals surface area contributed by atoms with E-state index in [1.165, 1.54) is 0 Å². The molecule has 1 aliphatic rings. The van der Waals surface area contributed by atoms with E-state index in [0.29, 0.717) is 19.8 Å². The summed E-state index contributed by atoms with van der Waals surface area (Å²) in [6.45, 7) is 1.81. The Morgan fingerprint density at radius 1 is 1.29 bits per heavy atom. The first kappa shape index (κ1) is 15.3. The molecule has 2 N–H and O–H groups in total. The maximum absolute atomic E-state index is 12.1. The Morgan fingerprint density at radius 3 is 2.48 bits per heavy atom. The molecule has 1 aliphatic heterocycles. The van der Waals surface area contributed by atoms with Crippen LogP contribution in [0.25, 0.3) is 0 Å². The molecule has 0 spiro atoms. The molecule has 1 aromatic carbocycles. The third kappa shape index (κ3) is 4.46. The molecule has 0 aliphatic carbocycles. The molecule has 0 aromatic heterocycles. The predicted molar refractivity (Wildman–Crippen MR) is 77.2 cm³/mol. The van der Waals surface area contributed by atoms with Gasteiger partial charge in [0.15, 0.2) is 0 Å². The van der Waals surface area contributed by atoms with Crippen LogP contribution < -0.4 is 5.32 Å². The summed E-state index contributed by atoms with van der Waals surface area (Å²) in [5.41, 5.74) is 1.14. The summed E-state index contributed by atoms with van der Waals surface area (Å²) in [6.07, 6.45) is 1.68. The molecule has 6 nitrogen and oxygen atoms in total. The van der Waals surface area contributed by atoms with Crippen molar-refractivity contribution in [1.29, 1.82) is 0 Å². The third-order valence-electron chi connectivity index (χ3n) is 3.52. The second-order valence-corrected chi connectivity index (χ2v) is 5.19. The van der Waals surface area contributed by atoms with Gasteiger partial charge in [0, 0.05) is 32.8 Å². The Labute approximate surface area is 123 Å². The number of rotatable bonds is 4. The number of carboxylic acid groups (broad SMARTS) is 1. The number of carbonyl (C=O) groups is 2. The first-order valence-corrected chi connectivity index (χ1v) is 6.98. The lowest BCUT2D eigenvalue weighted by Crippen LogP contribution is -2.44. The third-order valence-corrected chi connectivity index (χ3v) is 3.52. The van der Waals surface area contributed by atoms with Gasteiger partial charge in [-0.3, -0.25) is 0 Å². The number of carbonyl (C=O) groups excluding carboxylic acids is 1. The number of hydrogen-bond donors (Lipinski definition) is 2. The second-order valence-electron chi connectivity index (χ2n) is 5.19. The fourth-order valence-corrected chi connectivity index (χ4v) is 2.23. The largest absolute Gasteiger partial charge is 0.478 e. The summed E-state index contributed by atoms with van der Waals surface area (Å²) in [7, 11) is 1.72. The van der Waals surface area contributed by atoms with Crippen molar-refractivity contribution >= 4 is 12.0 Å². The van der Waals surface area contributed by atoms with E-state index in [2.05, 4.69) is 5.32 Å². The molecule has 2 rings (SSSR count). The molecule has 114 valence electrons. The molecular weight excluding hydrogens is 272 g/mol. The van der Waals surface area contributed by atoms with E-state index in [9.17, 15) is 9.59 Å². The number of nitrogens with zero attached hydrogens (tertiary/aromatic N) is 1. The Morgan fingerprint density at radius 2 is 1.90 bits per heavy atom. The lowest BCUT2D eigenvalue weighted by Gasteiger charge is -2.26. The van der Waals surface area contributed by atoms with Gasteiger partial charge in [0.1, 0.15) is 0 Å². The minimum Gasteiger partial charge on any atom is -0.478 e. The van der Waals surface area contributed by atoms with Crippen molar-refractivity contribution in [3.05, 3.63) is 35.4 Å². The molecule has 1 heterocycles. The monoisotopic (exact) mass is 292 g/mol. The van der Waals surface area contributed by atoms with Crippen LogP contribution >= 0.6 is 0 Å². The first-order valence-electron chi connectivity index (χ1n) is 6.98. The van der Waals surface area contributed by atoms with Crippen LogP contribution in [0.15, 0.2) is 24.3 Å². The molecule has 0 bridgehead atoms. The van der Waals surface area contributed by atoms with E-state index in [-0.39, 0.29) is 17.6 Å². The van der Waals surface area contributed by atoms with Crippen LogP contribution in [0.1, 0.15) is 28.8 Å². The molecule has 0 atom stereocenters. The van der Waals surface area contributed by atoms with Gasteiger partial charge in [0.05, 0.1) is 5.56 Å². The van der Waals surface area contributed by atoms with Crippen molar-refractivity contribution in [2.24, 2.45) is 0 Å².